The maximum atomic E-state index is 12.5. The first-order valence-corrected chi connectivity index (χ1v) is 7.85. The summed E-state index contributed by atoms with van der Waals surface area (Å²) in [5.74, 6) is 0. The quantitative estimate of drug-likeness (QED) is 0.594. The molecule has 0 aliphatic rings. The van der Waals surface area contributed by atoms with Gasteiger partial charge in [-0.15, -0.1) is 0 Å². The van der Waals surface area contributed by atoms with Gasteiger partial charge in [-0.25, -0.2) is 0 Å². The second kappa shape index (κ2) is 7.21. The van der Waals surface area contributed by atoms with E-state index in [0.29, 0.717) is 12.8 Å². The highest BCUT2D eigenvalue weighted by Gasteiger charge is 2.10. The number of unbranched alkanes of at least 4 members (excludes halogenated alkanes) is 2. The summed E-state index contributed by atoms with van der Waals surface area (Å²) in [6.45, 7) is 6.92. The molecule has 1 aromatic heterocycles. The Morgan fingerprint density at radius 3 is 2.45 bits per heavy atom. The Balaban J connectivity index is 2.53. The van der Waals surface area contributed by atoms with Crippen LogP contribution in [0.4, 0.5) is 0 Å². The van der Waals surface area contributed by atoms with Crippen LogP contribution in [0.15, 0.2) is 35.1 Å². The first-order chi connectivity index (χ1) is 10.6. The van der Waals surface area contributed by atoms with E-state index in [-0.39, 0.29) is 11.1 Å². The molecule has 1 heterocycles. The summed E-state index contributed by atoms with van der Waals surface area (Å²) < 4.78 is 1.74. The Bertz CT molecular complexity index is 729. The lowest BCUT2D eigenvalue weighted by molar-refractivity contribution is 0.112. The van der Waals surface area contributed by atoms with Crippen molar-refractivity contribution < 1.29 is 4.79 Å². The molecule has 0 bridgehead atoms. The van der Waals surface area contributed by atoms with Gasteiger partial charge in [-0.3, -0.25) is 9.59 Å². The van der Waals surface area contributed by atoms with Gasteiger partial charge in [0.15, 0.2) is 6.29 Å². The minimum absolute atomic E-state index is 0.193. The number of carbonyl (C=O) groups excluding carboxylic acids is 1. The predicted molar refractivity (Wildman–Crippen MR) is 90.5 cm³/mol. The van der Waals surface area contributed by atoms with Crippen LogP contribution in [0.1, 0.15) is 47.7 Å². The topological polar surface area (TPSA) is 39.1 Å². The molecule has 0 atom stereocenters. The van der Waals surface area contributed by atoms with Crippen molar-refractivity contribution in [2.75, 3.05) is 0 Å². The zero-order valence-corrected chi connectivity index (χ0v) is 13.6. The van der Waals surface area contributed by atoms with E-state index < -0.39 is 0 Å². The summed E-state index contributed by atoms with van der Waals surface area (Å²) in [6.07, 6.45) is 3.75. The maximum absolute atomic E-state index is 12.5. The Hall–Kier alpha value is -2.16. The number of aldehydes is 1. The third-order valence-corrected chi connectivity index (χ3v) is 4.12. The molecule has 116 valence electrons. The Labute approximate surface area is 131 Å². The van der Waals surface area contributed by atoms with Crippen LogP contribution in [0.3, 0.4) is 0 Å². The van der Waals surface area contributed by atoms with Gasteiger partial charge in [0.2, 0.25) is 0 Å². The average molecular weight is 297 g/mol. The third kappa shape index (κ3) is 3.35. The van der Waals surface area contributed by atoms with Crippen LogP contribution in [0.2, 0.25) is 0 Å². The molecule has 2 rings (SSSR count). The third-order valence-electron chi connectivity index (χ3n) is 4.12. The van der Waals surface area contributed by atoms with E-state index in [2.05, 4.69) is 32.9 Å². The number of carbonyl (C=O) groups is 1. The zero-order valence-electron chi connectivity index (χ0n) is 13.6. The van der Waals surface area contributed by atoms with Crippen molar-refractivity contribution in [3.63, 3.8) is 0 Å². The van der Waals surface area contributed by atoms with E-state index >= 15 is 0 Å². The average Bonchev–Trinajstić information content (AvgIpc) is 2.51. The standard InChI is InChI=1S/C19H23NO2/c1-4-5-6-11-20-18(10-9-17(13-21)19(20)22)16-8-7-14(2)15(3)12-16/h7-10,12-13H,4-6,11H2,1-3H3. The zero-order chi connectivity index (χ0) is 16.1. The maximum Gasteiger partial charge on any atom is 0.261 e. The Morgan fingerprint density at radius 2 is 1.82 bits per heavy atom. The minimum Gasteiger partial charge on any atom is -0.308 e. The van der Waals surface area contributed by atoms with Crippen molar-refractivity contribution in [3.8, 4) is 11.3 Å². The lowest BCUT2D eigenvalue weighted by Gasteiger charge is -2.14. The lowest BCUT2D eigenvalue weighted by atomic mass is 10.0. The molecule has 0 N–H and O–H groups in total. The van der Waals surface area contributed by atoms with Gasteiger partial charge < -0.3 is 4.57 Å². The van der Waals surface area contributed by atoms with Crippen molar-refractivity contribution >= 4 is 6.29 Å². The molecule has 3 nitrogen and oxygen atoms in total. The van der Waals surface area contributed by atoms with Crippen LogP contribution in [0.5, 0.6) is 0 Å². The number of rotatable bonds is 6. The largest absolute Gasteiger partial charge is 0.308 e. The monoisotopic (exact) mass is 297 g/mol. The summed E-state index contributed by atoms with van der Waals surface area (Å²) in [5, 5.41) is 0. The van der Waals surface area contributed by atoms with E-state index in [1.165, 1.54) is 11.1 Å². The molecule has 3 heteroatoms. The van der Waals surface area contributed by atoms with Gasteiger partial charge in [0.25, 0.3) is 5.56 Å². The van der Waals surface area contributed by atoms with Gasteiger partial charge >= 0.3 is 0 Å². The first kappa shape index (κ1) is 16.2. The van der Waals surface area contributed by atoms with Crippen molar-refractivity contribution in [1.29, 1.82) is 0 Å². The van der Waals surface area contributed by atoms with E-state index in [0.717, 1.165) is 30.5 Å². The van der Waals surface area contributed by atoms with E-state index in [1.54, 1.807) is 10.6 Å². The second-order valence-electron chi connectivity index (χ2n) is 5.75. The van der Waals surface area contributed by atoms with Gasteiger partial charge in [-0.2, -0.15) is 0 Å². The molecule has 0 spiro atoms. The molecule has 0 fully saturated rings. The molecule has 0 aliphatic carbocycles. The summed E-state index contributed by atoms with van der Waals surface area (Å²) in [6, 6.07) is 9.70. The fourth-order valence-corrected chi connectivity index (χ4v) is 2.58. The van der Waals surface area contributed by atoms with Gasteiger partial charge in [0.1, 0.15) is 0 Å². The van der Waals surface area contributed by atoms with E-state index in [4.69, 9.17) is 0 Å². The van der Waals surface area contributed by atoms with Crippen LogP contribution < -0.4 is 5.56 Å². The molecule has 22 heavy (non-hydrogen) atoms. The molecule has 1 aromatic carbocycles. The molecule has 0 radical (unpaired) electrons. The SMILES string of the molecule is CCCCCn1c(-c2ccc(C)c(C)c2)ccc(C=O)c1=O. The molecule has 0 amide bonds. The normalized spacial score (nSPS) is 10.7. The van der Waals surface area contributed by atoms with Crippen molar-refractivity contribution in [1.82, 2.24) is 4.57 Å². The van der Waals surface area contributed by atoms with Gasteiger partial charge in [-0.05, 0) is 55.2 Å². The molecule has 0 aliphatic heterocycles. The van der Waals surface area contributed by atoms with Crippen molar-refractivity contribution in [3.05, 3.63) is 57.4 Å². The lowest BCUT2D eigenvalue weighted by Crippen LogP contribution is -2.25. The van der Waals surface area contributed by atoms with Crippen LogP contribution in [0, 0.1) is 13.8 Å². The molecular weight excluding hydrogens is 274 g/mol. The van der Waals surface area contributed by atoms with E-state index in [1.807, 2.05) is 12.1 Å². The van der Waals surface area contributed by atoms with Gasteiger partial charge in [-0.1, -0.05) is 31.9 Å². The summed E-state index contributed by atoms with van der Waals surface area (Å²) in [5.41, 5.74) is 4.37. The van der Waals surface area contributed by atoms with Crippen LogP contribution in [-0.2, 0) is 6.54 Å². The highest BCUT2D eigenvalue weighted by Crippen LogP contribution is 2.22. The number of benzene rings is 1. The number of pyridine rings is 1. The van der Waals surface area contributed by atoms with E-state index in [9.17, 15) is 9.59 Å². The smallest absolute Gasteiger partial charge is 0.261 e. The second-order valence-corrected chi connectivity index (χ2v) is 5.75. The predicted octanol–water partition coefficient (Wildman–Crippen LogP) is 4.13. The highest BCUT2D eigenvalue weighted by molar-refractivity contribution is 5.75. The first-order valence-electron chi connectivity index (χ1n) is 7.85. The Kier molecular flexibility index (Phi) is 5.31. The van der Waals surface area contributed by atoms with Gasteiger partial charge in [0, 0.05) is 6.54 Å². The fraction of sp³-hybridized carbons (Fsp3) is 0.368. The highest BCUT2D eigenvalue weighted by atomic mass is 16.1. The van der Waals surface area contributed by atoms with Gasteiger partial charge in [0.05, 0.1) is 11.3 Å². The van der Waals surface area contributed by atoms with Crippen LogP contribution >= 0.6 is 0 Å². The number of nitrogens with zero attached hydrogens (tertiary/aromatic N) is 1. The van der Waals surface area contributed by atoms with Crippen LogP contribution in [0.25, 0.3) is 11.3 Å². The molecule has 2 aromatic rings. The number of hydrogen-bond acceptors (Lipinski definition) is 2. The summed E-state index contributed by atoms with van der Waals surface area (Å²) in [7, 11) is 0. The van der Waals surface area contributed by atoms with Crippen LogP contribution in [-0.4, -0.2) is 10.9 Å². The summed E-state index contributed by atoms with van der Waals surface area (Å²) in [4.78, 5) is 23.5. The summed E-state index contributed by atoms with van der Waals surface area (Å²) >= 11 is 0. The molecule has 0 saturated carbocycles. The number of aryl methyl sites for hydroxylation is 2. The van der Waals surface area contributed by atoms with Crippen molar-refractivity contribution in [2.24, 2.45) is 0 Å². The fourth-order valence-electron chi connectivity index (χ4n) is 2.58. The van der Waals surface area contributed by atoms with Crippen molar-refractivity contribution in [2.45, 2.75) is 46.6 Å². The minimum atomic E-state index is -0.193. The molecule has 0 saturated heterocycles. The Morgan fingerprint density at radius 1 is 1.05 bits per heavy atom. The molecular formula is C19H23NO2. The molecule has 0 unspecified atom stereocenters. The number of hydrogen-bond donors (Lipinski definition) is 0. The number of aromatic nitrogens is 1.